The maximum atomic E-state index is 12.3. The molecule has 5 nitrogen and oxygen atoms in total. The molecule has 1 saturated heterocycles. The molecule has 2 amide bonds. The molecule has 0 saturated carbocycles. The zero-order chi connectivity index (χ0) is 14.9. The Balaban J connectivity index is 2.18. The minimum Gasteiger partial charge on any atom is -0.465 e. The van der Waals surface area contributed by atoms with Crippen molar-refractivity contribution in [2.24, 2.45) is 0 Å². The van der Waals surface area contributed by atoms with E-state index in [1.807, 2.05) is 44.2 Å². The summed E-state index contributed by atoms with van der Waals surface area (Å²) >= 11 is 0. The van der Waals surface area contributed by atoms with E-state index in [9.17, 15) is 9.59 Å². The Morgan fingerprint density at radius 2 is 2.00 bits per heavy atom. The first-order valence-corrected chi connectivity index (χ1v) is 6.81. The average molecular weight is 276 g/mol. The highest BCUT2D eigenvalue weighted by Crippen LogP contribution is 2.35. The van der Waals surface area contributed by atoms with Crippen LogP contribution in [-0.2, 0) is 4.79 Å². The molecule has 0 radical (unpaired) electrons. The van der Waals surface area contributed by atoms with Gasteiger partial charge in [-0.15, -0.1) is 0 Å². The number of amides is 2. The van der Waals surface area contributed by atoms with E-state index >= 15 is 0 Å². The van der Waals surface area contributed by atoms with Crippen LogP contribution in [0.15, 0.2) is 30.3 Å². The Bertz CT molecular complexity index is 503. The molecular weight excluding hydrogens is 256 g/mol. The number of carbonyl (C=O) groups excluding carboxylic acids is 1. The minimum atomic E-state index is -1.06. The van der Waals surface area contributed by atoms with Gasteiger partial charge in [-0.05, 0) is 18.9 Å². The first kappa shape index (κ1) is 14.4. The van der Waals surface area contributed by atoms with E-state index in [1.165, 1.54) is 7.05 Å². The van der Waals surface area contributed by atoms with Gasteiger partial charge in [-0.1, -0.05) is 37.3 Å². The number of carbonyl (C=O) groups is 2. The largest absolute Gasteiger partial charge is 0.465 e. The van der Waals surface area contributed by atoms with Gasteiger partial charge in [0.2, 0.25) is 5.91 Å². The van der Waals surface area contributed by atoms with Gasteiger partial charge in [0.05, 0.1) is 12.1 Å². The van der Waals surface area contributed by atoms with E-state index in [0.717, 1.165) is 16.9 Å². The molecule has 2 rings (SSSR count). The molecule has 1 heterocycles. The van der Waals surface area contributed by atoms with E-state index < -0.39 is 12.1 Å². The predicted molar refractivity (Wildman–Crippen MR) is 75.4 cm³/mol. The van der Waals surface area contributed by atoms with Crippen molar-refractivity contribution in [2.75, 3.05) is 7.05 Å². The minimum absolute atomic E-state index is 0.0351. The Morgan fingerprint density at radius 3 is 2.50 bits per heavy atom. The number of nitrogens with zero attached hydrogens (tertiary/aromatic N) is 2. The van der Waals surface area contributed by atoms with Crippen LogP contribution in [0.4, 0.5) is 4.79 Å². The fourth-order valence-electron chi connectivity index (χ4n) is 2.88. The second kappa shape index (κ2) is 5.53. The molecule has 0 bridgehead atoms. The molecule has 1 aromatic rings. The van der Waals surface area contributed by atoms with Gasteiger partial charge in [0.1, 0.15) is 6.04 Å². The summed E-state index contributed by atoms with van der Waals surface area (Å²) in [7, 11) is 1.46. The second-order valence-electron chi connectivity index (χ2n) is 5.15. The third-order valence-electron chi connectivity index (χ3n) is 4.07. The van der Waals surface area contributed by atoms with Gasteiger partial charge in [-0.3, -0.25) is 9.69 Å². The van der Waals surface area contributed by atoms with Gasteiger partial charge in [-0.2, -0.15) is 0 Å². The maximum Gasteiger partial charge on any atom is 0.407 e. The lowest BCUT2D eigenvalue weighted by atomic mass is 9.88. The number of hydrogen-bond donors (Lipinski definition) is 1. The lowest BCUT2D eigenvalue weighted by Crippen LogP contribution is -2.70. The number of β-lactam (4-membered cyclic amide) rings is 1. The Morgan fingerprint density at radius 1 is 1.40 bits per heavy atom. The Kier molecular flexibility index (Phi) is 3.97. The highest BCUT2D eigenvalue weighted by atomic mass is 16.4. The molecule has 0 aliphatic carbocycles. The quantitative estimate of drug-likeness (QED) is 0.859. The summed E-state index contributed by atoms with van der Waals surface area (Å²) in [6.07, 6.45) is -0.320. The van der Waals surface area contributed by atoms with E-state index in [1.54, 1.807) is 4.90 Å². The van der Waals surface area contributed by atoms with Crippen molar-refractivity contribution >= 4 is 12.0 Å². The maximum absolute atomic E-state index is 12.3. The van der Waals surface area contributed by atoms with Crippen molar-refractivity contribution in [1.29, 1.82) is 0 Å². The van der Waals surface area contributed by atoms with Crippen LogP contribution < -0.4 is 0 Å². The third kappa shape index (κ3) is 2.24. The molecule has 3 atom stereocenters. The highest BCUT2D eigenvalue weighted by molar-refractivity contribution is 5.92. The zero-order valence-electron chi connectivity index (χ0n) is 12.0. The van der Waals surface area contributed by atoms with Crippen LogP contribution >= 0.6 is 0 Å². The smallest absolute Gasteiger partial charge is 0.407 e. The monoisotopic (exact) mass is 276 g/mol. The van der Waals surface area contributed by atoms with Crippen LogP contribution in [0.5, 0.6) is 0 Å². The number of benzene rings is 1. The van der Waals surface area contributed by atoms with E-state index in [4.69, 9.17) is 5.11 Å². The van der Waals surface area contributed by atoms with Crippen molar-refractivity contribution < 1.29 is 14.7 Å². The van der Waals surface area contributed by atoms with Crippen LogP contribution in [0.3, 0.4) is 0 Å². The van der Waals surface area contributed by atoms with Gasteiger partial charge in [0, 0.05) is 7.05 Å². The topological polar surface area (TPSA) is 60.9 Å². The molecular formula is C15H20N2O3. The Labute approximate surface area is 118 Å². The summed E-state index contributed by atoms with van der Waals surface area (Å²) < 4.78 is 0. The van der Waals surface area contributed by atoms with E-state index in [2.05, 4.69) is 0 Å². The summed E-state index contributed by atoms with van der Waals surface area (Å²) in [6.45, 7) is 3.96. The SMILES string of the molecule is CC[C@H]1[C@H](N(C)C(=O)O)C(=O)N1[C@@H](C)c1ccccc1. The van der Waals surface area contributed by atoms with Gasteiger partial charge >= 0.3 is 6.09 Å². The van der Waals surface area contributed by atoms with E-state index in [0.29, 0.717) is 0 Å². The fourth-order valence-corrected chi connectivity index (χ4v) is 2.88. The van der Waals surface area contributed by atoms with Crippen molar-refractivity contribution in [1.82, 2.24) is 9.80 Å². The van der Waals surface area contributed by atoms with Crippen LogP contribution in [0.25, 0.3) is 0 Å². The number of likely N-dealkylation sites (tertiary alicyclic amines) is 1. The second-order valence-corrected chi connectivity index (χ2v) is 5.15. The first-order valence-electron chi connectivity index (χ1n) is 6.81. The number of likely N-dealkylation sites (N-methyl/N-ethyl adjacent to an activating group) is 1. The van der Waals surface area contributed by atoms with Crippen LogP contribution in [0.2, 0.25) is 0 Å². The molecule has 1 aliphatic heterocycles. The summed E-state index contributed by atoms with van der Waals surface area (Å²) in [6, 6.07) is 9.15. The van der Waals surface area contributed by atoms with Crippen LogP contribution in [-0.4, -0.2) is 46.0 Å². The van der Waals surface area contributed by atoms with Gasteiger partial charge in [0.15, 0.2) is 0 Å². The van der Waals surface area contributed by atoms with Gasteiger partial charge in [0.25, 0.3) is 0 Å². The third-order valence-corrected chi connectivity index (χ3v) is 4.07. The lowest BCUT2D eigenvalue weighted by Gasteiger charge is -2.52. The van der Waals surface area contributed by atoms with Crippen LogP contribution in [0, 0.1) is 0 Å². The number of carboxylic acid groups (broad SMARTS) is 1. The summed E-state index contributed by atoms with van der Waals surface area (Å²) in [5, 5.41) is 9.05. The standard InChI is InChI=1S/C15H20N2O3/c1-4-12-13(16(3)15(19)20)14(18)17(12)10(2)11-8-6-5-7-9-11/h5-10,12-13H,4H2,1-3H3,(H,19,20)/t10-,12-,13-/m0/s1. The Hall–Kier alpha value is -2.04. The normalized spacial score (nSPS) is 23.1. The highest BCUT2D eigenvalue weighted by Gasteiger charge is 2.51. The van der Waals surface area contributed by atoms with Crippen molar-refractivity contribution in [3.05, 3.63) is 35.9 Å². The molecule has 1 N–H and O–H groups in total. The van der Waals surface area contributed by atoms with Crippen molar-refractivity contribution in [3.8, 4) is 0 Å². The molecule has 108 valence electrons. The number of hydrogen-bond acceptors (Lipinski definition) is 2. The predicted octanol–water partition coefficient (Wildman–Crippen LogP) is 2.35. The van der Waals surface area contributed by atoms with Crippen LogP contribution in [0.1, 0.15) is 31.9 Å². The van der Waals surface area contributed by atoms with E-state index in [-0.39, 0.29) is 18.0 Å². The summed E-state index contributed by atoms with van der Waals surface area (Å²) in [5.74, 6) is -0.113. The molecule has 1 aromatic carbocycles. The average Bonchev–Trinajstić information content (AvgIpc) is 2.45. The van der Waals surface area contributed by atoms with Gasteiger partial charge in [-0.25, -0.2) is 4.79 Å². The molecule has 20 heavy (non-hydrogen) atoms. The number of rotatable bonds is 4. The fraction of sp³-hybridized carbons (Fsp3) is 0.467. The molecule has 5 heteroatoms. The molecule has 0 aromatic heterocycles. The molecule has 0 unspecified atom stereocenters. The summed E-state index contributed by atoms with van der Waals surface area (Å²) in [4.78, 5) is 26.3. The first-order chi connectivity index (χ1) is 9.49. The van der Waals surface area contributed by atoms with Crippen molar-refractivity contribution in [2.45, 2.75) is 38.4 Å². The molecule has 1 fully saturated rings. The zero-order valence-corrected chi connectivity index (χ0v) is 12.0. The molecule has 1 aliphatic rings. The summed E-state index contributed by atoms with van der Waals surface area (Å²) in [5.41, 5.74) is 1.07. The van der Waals surface area contributed by atoms with Gasteiger partial charge < -0.3 is 10.0 Å². The molecule has 0 spiro atoms. The van der Waals surface area contributed by atoms with Crippen molar-refractivity contribution in [3.63, 3.8) is 0 Å². The lowest BCUT2D eigenvalue weighted by molar-refractivity contribution is -0.161.